The minimum absolute atomic E-state index is 0.0551. The quantitative estimate of drug-likeness (QED) is 0.544. The number of ether oxygens (including phenoxy) is 4. The number of amides is 1. The molecule has 0 radical (unpaired) electrons. The summed E-state index contributed by atoms with van der Waals surface area (Å²) in [6.07, 6.45) is 11.3. The number of hydrogen-bond acceptors (Lipinski definition) is 6. The van der Waals surface area contributed by atoms with Crippen LogP contribution in [0.5, 0.6) is 23.0 Å². The lowest BCUT2D eigenvalue weighted by atomic mass is 10.0. The van der Waals surface area contributed by atoms with E-state index in [1.165, 1.54) is 11.1 Å². The summed E-state index contributed by atoms with van der Waals surface area (Å²) in [5, 5.41) is 0. The molecular weight excluding hydrogens is 444 g/mol. The van der Waals surface area contributed by atoms with Gasteiger partial charge in [-0.25, -0.2) is 0 Å². The van der Waals surface area contributed by atoms with Crippen molar-refractivity contribution in [3.05, 3.63) is 77.1 Å². The van der Waals surface area contributed by atoms with Gasteiger partial charge in [-0.1, -0.05) is 12.1 Å². The summed E-state index contributed by atoms with van der Waals surface area (Å²) in [6, 6.07) is 9.82. The van der Waals surface area contributed by atoms with Crippen molar-refractivity contribution >= 4 is 12.0 Å². The van der Waals surface area contributed by atoms with Crippen LogP contribution in [-0.2, 0) is 17.6 Å². The number of hydrogen-bond donors (Lipinski definition) is 0. The van der Waals surface area contributed by atoms with Crippen LogP contribution in [0.4, 0.5) is 0 Å². The highest BCUT2D eigenvalue weighted by atomic mass is 16.5. The van der Waals surface area contributed by atoms with Gasteiger partial charge in [-0.05, 0) is 71.3 Å². The molecule has 35 heavy (non-hydrogen) atoms. The molecule has 4 rings (SSSR count). The third kappa shape index (κ3) is 5.62. The van der Waals surface area contributed by atoms with Gasteiger partial charge in [-0.2, -0.15) is 0 Å². The molecule has 184 valence electrons. The van der Waals surface area contributed by atoms with Crippen LogP contribution in [0.1, 0.15) is 16.7 Å². The lowest BCUT2D eigenvalue weighted by Gasteiger charge is -2.27. The molecule has 2 aliphatic rings. The Hall–Kier alpha value is -3.87. The normalized spacial score (nSPS) is 14.9. The van der Waals surface area contributed by atoms with Gasteiger partial charge in [0.2, 0.25) is 5.91 Å². The van der Waals surface area contributed by atoms with Crippen LogP contribution in [0.25, 0.3) is 6.08 Å². The zero-order valence-electron chi connectivity index (χ0n) is 20.7. The number of nitrogens with zero attached hydrogens (tertiary/aromatic N) is 2. The molecule has 2 aromatic carbocycles. The largest absolute Gasteiger partial charge is 0.493 e. The van der Waals surface area contributed by atoms with Crippen LogP contribution < -0.4 is 18.9 Å². The second kappa shape index (κ2) is 11.0. The van der Waals surface area contributed by atoms with E-state index in [1.807, 2.05) is 42.6 Å². The van der Waals surface area contributed by atoms with Crippen molar-refractivity contribution in [2.45, 2.75) is 12.8 Å². The van der Waals surface area contributed by atoms with Crippen LogP contribution in [-0.4, -0.2) is 63.8 Å². The predicted octanol–water partition coefficient (Wildman–Crippen LogP) is 4.07. The Bertz CT molecular complexity index is 1170. The molecule has 0 saturated heterocycles. The van der Waals surface area contributed by atoms with Crippen molar-refractivity contribution in [2.75, 3.05) is 48.1 Å². The smallest absolute Gasteiger partial charge is 0.231 e. The Labute approximate surface area is 206 Å². The summed E-state index contributed by atoms with van der Waals surface area (Å²) in [4.78, 5) is 17.1. The Morgan fingerprint density at radius 2 is 1.57 bits per heavy atom. The van der Waals surface area contributed by atoms with Gasteiger partial charge in [-0.15, -0.1) is 0 Å². The zero-order chi connectivity index (χ0) is 24.8. The molecule has 0 fully saturated rings. The molecule has 2 heterocycles. The Morgan fingerprint density at radius 1 is 0.857 bits per heavy atom. The molecule has 2 aliphatic heterocycles. The minimum atomic E-state index is 0.0551. The fraction of sp³-hybridized carbons (Fsp3) is 0.321. The summed E-state index contributed by atoms with van der Waals surface area (Å²) in [6.45, 7) is 2.18. The molecule has 0 spiro atoms. The average molecular weight is 477 g/mol. The molecule has 0 aliphatic carbocycles. The highest BCUT2D eigenvalue weighted by Gasteiger charge is 2.21. The number of carbonyl (C=O) groups excluding carboxylic acids is 1. The molecule has 0 saturated carbocycles. The van der Waals surface area contributed by atoms with Crippen molar-refractivity contribution in [1.82, 2.24) is 9.80 Å². The van der Waals surface area contributed by atoms with E-state index in [2.05, 4.69) is 23.2 Å². The molecule has 0 N–H and O–H groups in total. The van der Waals surface area contributed by atoms with Crippen LogP contribution in [0.3, 0.4) is 0 Å². The summed E-state index contributed by atoms with van der Waals surface area (Å²) < 4.78 is 21.6. The van der Waals surface area contributed by atoms with Crippen LogP contribution >= 0.6 is 0 Å². The first-order valence-electron chi connectivity index (χ1n) is 11.6. The molecule has 2 aromatic rings. The predicted molar refractivity (Wildman–Crippen MR) is 136 cm³/mol. The van der Waals surface area contributed by atoms with E-state index < -0.39 is 0 Å². The van der Waals surface area contributed by atoms with Gasteiger partial charge in [0.05, 0.1) is 34.9 Å². The van der Waals surface area contributed by atoms with E-state index >= 15 is 0 Å². The second-order valence-corrected chi connectivity index (χ2v) is 8.50. The van der Waals surface area contributed by atoms with Crippen molar-refractivity contribution in [3.63, 3.8) is 0 Å². The Balaban J connectivity index is 1.38. The molecule has 1 amide bonds. The SMILES string of the molecule is COc1ccc(CCN2C=CC=C(CN3C=Cc4cc(OC)c(OC)cc4CC3=O)C2)cc1OC. The zero-order valence-corrected chi connectivity index (χ0v) is 20.7. The maximum absolute atomic E-state index is 13.0. The highest BCUT2D eigenvalue weighted by molar-refractivity contribution is 5.84. The van der Waals surface area contributed by atoms with Gasteiger partial charge < -0.3 is 28.7 Å². The standard InChI is InChI=1S/C28H32N2O5/c1-32-24-8-7-20(14-25(24)33-2)9-12-29-11-5-6-21(18-29)19-30-13-10-22-15-26(34-3)27(35-4)16-23(22)17-28(30)31/h5-8,10-11,13-16H,9,12,17-19H2,1-4H3. The van der Waals surface area contributed by atoms with E-state index in [0.717, 1.165) is 42.1 Å². The maximum atomic E-state index is 13.0. The molecule has 7 nitrogen and oxygen atoms in total. The van der Waals surface area contributed by atoms with Gasteiger partial charge in [-0.3, -0.25) is 4.79 Å². The molecule has 0 atom stereocenters. The summed E-state index contributed by atoms with van der Waals surface area (Å²) in [7, 11) is 6.50. The fourth-order valence-electron chi connectivity index (χ4n) is 4.35. The number of rotatable bonds is 9. The van der Waals surface area contributed by atoms with Gasteiger partial charge >= 0.3 is 0 Å². The maximum Gasteiger partial charge on any atom is 0.231 e. The van der Waals surface area contributed by atoms with Gasteiger partial charge in [0.25, 0.3) is 0 Å². The van der Waals surface area contributed by atoms with Gasteiger partial charge in [0.1, 0.15) is 0 Å². The topological polar surface area (TPSA) is 60.5 Å². The van der Waals surface area contributed by atoms with Crippen molar-refractivity contribution in [3.8, 4) is 23.0 Å². The van der Waals surface area contributed by atoms with Crippen LogP contribution in [0.15, 0.2) is 60.5 Å². The molecule has 0 bridgehead atoms. The molecule has 0 aromatic heterocycles. The van der Waals surface area contributed by atoms with E-state index in [9.17, 15) is 4.79 Å². The van der Waals surface area contributed by atoms with Crippen LogP contribution in [0, 0.1) is 0 Å². The number of carbonyl (C=O) groups is 1. The van der Waals surface area contributed by atoms with Crippen LogP contribution in [0.2, 0.25) is 0 Å². The minimum Gasteiger partial charge on any atom is -0.493 e. The molecular formula is C28H32N2O5. The molecule has 7 heteroatoms. The third-order valence-electron chi connectivity index (χ3n) is 6.29. The summed E-state index contributed by atoms with van der Waals surface area (Å²) in [5.41, 5.74) is 4.26. The first kappa shape index (κ1) is 24.3. The average Bonchev–Trinajstić information content (AvgIpc) is 3.04. The number of methoxy groups -OCH3 is 4. The van der Waals surface area contributed by atoms with E-state index in [-0.39, 0.29) is 5.91 Å². The highest BCUT2D eigenvalue weighted by Crippen LogP contribution is 2.33. The van der Waals surface area contributed by atoms with Crippen molar-refractivity contribution in [2.24, 2.45) is 0 Å². The Kier molecular flexibility index (Phi) is 7.65. The van der Waals surface area contributed by atoms with E-state index in [1.54, 1.807) is 33.3 Å². The van der Waals surface area contributed by atoms with Gasteiger partial charge in [0.15, 0.2) is 23.0 Å². The number of allylic oxidation sites excluding steroid dienone is 2. The second-order valence-electron chi connectivity index (χ2n) is 8.50. The lowest BCUT2D eigenvalue weighted by Crippen LogP contribution is -2.33. The first-order valence-corrected chi connectivity index (χ1v) is 11.6. The molecule has 0 unspecified atom stereocenters. The third-order valence-corrected chi connectivity index (χ3v) is 6.29. The first-order chi connectivity index (χ1) is 17.0. The fourth-order valence-corrected chi connectivity index (χ4v) is 4.35. The van der Waals surface area contributed by atoms with E-state index in [4.69, 9.17) is 18.9 Å². The summed E-state index contributed by atoms with van der Waals surface area (Å²) >= 11 is 0. The van der Waals surface area contributed by atoms with Gasteiger partial charge in [0, 0.05) is 25.8 Å². The van der Waals surface area contributed by atoms with Crippen molar-refractivity contribution < 1.29 is 23.7 Å². The van der Waals surface area contributed by atoms with Crippen molar-refractivity contribution in [1.29, 1.82) is 0 Å². The Morgan fingerprint density at radius 3 is 2.31 bits per heavy atom. The lowest BCUT2D eigenvalue weighted by molar-refractivity contribution is -0.127. The number of fused-ring (bicyclic) bond motifs is 1. The summed E-state index contributed by atoms with van der Waals surface area (Å²) in [5.74, 6) is 2.81. The number of benzene rings is 2. The van der Waals surface area contributed by atoms with E-state index in [0.29, 0.717) is 24.5 Å². The monoisotopic (exact) mass is 476 g/mol.